The fraction of sp³-hybridized carbons (Fsp3) is 0.421. The third kappa shape index (κ3) is 3.16. The van der Waals surface area contributed by atoms with Crippen LogP contribution in [0.3, 0.4) is 0 Å². The van der Waals surface area contributed by atoms with Crippen molar-refractivity contribution >= 4 is 28.5 Å². The first kappa shape index (κ1) is 17.2. The Balaban J connectivity index is 1.95. The van der Waals surface area contributed by atoms with Gasteiger partial charge in [-0.3, -0.25) is 14.4 Å². The third-order valence-electron chi connectivity index (χ3n) is 5.04. The molecule has 0 bridgehead atoms. The summed E-state index contributed by atoms with van der Waals surface area (Å²) in [6.07, 6.45) is 4.71. The van der Waals surface area contributed by atoms with Crippen LogP contribution in [0.25, 0.3) is 10.9 Å². The van der Waals surface area contributed by atoms with Crippen LogP contribution in [-0.2, 0) is 16.1 Å². The minimum absolute atomic E-state index is 0.0264. The Morgan fingerprint density at radius 1 is 1.12 bits per heavy atom. The zero-order valence-electron chi connectivity index (χ0n) is 14.6. The van der Waals surface area contributed by atoms with E-state index >= 15 is 0 Å². The zero-order valence-corrected chi connectivity index (χ0v) is 14.6. The van der Waals surface area contributed by atoms with E-state index in [1.54, 1.807) is 22.9 Å². The van der Waals surface area contributed by atoms with Crippen molar-refractivity contribution in [2.45, 2.75) is 51.7 Å². The lowest BCUT2D eigenvalue weighted by Crippen LogP contribution is -2.48. The molecule has 25 heavy (non-hydrogen) atoms. The average molecular weight is 341 g/mol. The average Bonchev–Trinajstić information content (AvgIpc) is 2.92. The highest BCUT2D eigenvalue weighted by Crippen LogP contribution is 2.25. The highest BCUT2D eigenvalue weighted by atomic mass is 16.2. The van der Waals surface area contributed by atoms with Crippen LogP contribution in [0, 0.1) is 0 Å². The number of benzene rings is 1. The smallest absolute Gasteiger partial charge is 0.289 e. The number of nitrogens with two attached hydrogens (primary N) is 1. The number of piperidine rings is 1. The predicted octanol–water partition coefficient (Wildman–Crippen LogP) is 2.10. The maximum Gasteiger partial charge on any atom is 0.289 e. The maximum atomic E-state index is 12.9. The number of nitrogens with zero attached hydrogens (tertiary/aromatic N) is 2. The van der Waals surface area contributed by atoms with E-state index in [0.717, 1.165) is 24.8 Å². The van der Waals surface area contributed by atoms with Crippen molar-refractivity contribution in [1.82, 2.24) is 9.47 Å². The second-order valence-electron chi connectivity index (χ2n) is 6.81. The van der Waals surface area contributed by atoms with Crippen LogP contribution in [0.1, 0.15) is 43.5 Å². The Bertz CT molecular complexity index is 830. The first-order valence-corrected chi connectivity index (χ1v) is 8.63. The molecule has 2 aromatic rings. The van der Waals surface area contributed by atoms with Gasteiger partial charge in [-0.25, -0.2) is 0 Å². The summed E-state index contributed by atoms with van der Waals surface area (Å²) in [7, 11) is 0. The van der Waals surface area contributed by atoms with E-state index in [1.165, 1.54) is 0 Å². The van der Waals surface area contributed by atoms with Gasteiger partial charge < -0.3 is 15.2 Å². The van der Waals surface area contributed by atoms with Gasteiger partial charge in [-0.1, -0.05) is 18.2 Å². The summed E-state index contributed by atoms with van der Waals surface area (Å²) in [5.41, 5.74) is 6.14. The Kier molecular flexibility index (Phi) is 4.61. The largest absolute Gasteiger partial charge is 0.363 e. The third-order valence-corrected chi connectivity index (χ3v) is 5.04. The lowest BCUT2D eigenvalue weighted by atomic mass is 9.97. The lowest BCUT2D eigenvalue weighted by Gasteiger charge is -2.39. The fourth-order valence-corrected chi connectivity index (χ4v) is 3.83. The summed E-state index contributed by atoms with van der Waals surface area (Å²) in [6, 6.07) is 7.66. The normalized spacial score (nSPS) is 20.6. The van der Waals surface area contributed by atoms with Crippen LogP contribution < -0.4 is 5.73 Å². The molecule has 0 unspecified atom stereocenters. The highest BCUT2D eigenvalue weighted by molar-refractivity contribution is 6.44. The Hall–Kier alpha value is -2.63. The van der Waals surface area contributed by atoms with Gasteiger partial charge in [0.2, 0.25) is 5.91 Å². The lowest BCUT2D eigenvalue weighted by molar-refractivity contribution is -0.137. The second-order valence-corrected chi connectivity index (χ2v) is 6.81. The van der Waals surface area contributed by atoms with Crippen LogP contribution >= 0.6 is 0 Å². The van der Waals surface area contributed by atoms with Crippen LogP contribution in [-0.4, -0.2) is 39.1 Å². The number of primary amides is 1. The van der Waals surface area contributed by atoms with Crippen molar-refractivity contribution in [1.29, 1.82) is 0 Å². The van der Waals surface area contributed by atoms with Crippen molar-refractivity contribution in [3.8, 4) is 0 Å². The number of para-hydroxylation sites is 1. The number of carbonyl (C=O) groups is 3. The van der Waals surface area contributed by atoms with Gasteiger partial charge in [-0.15, -0.1) is 0 Å². The molecule has 0 radical (unpaired) electrons. The van der Waals surface area contributed by atoms with E-state index in [0.29, 0.717) is 5.39 Å². The molecular weight excluding hydrogens is 318 g/mol. The number of aromatic nitrogens is 1. The van der Waals surface area contributed by atoms with Gasteiger partial charge >= 0.3 is 0 Å². The Labute approximate surface area is 146 Å². The van der Waals surface area contributed by atoms with E-state index in [-0.39, 0.29) is 30.1 Å². The number of hydrogen-bond donors (Lipinski definition) is 1. The number of ketones is 1. The quantitative estimate of drug-likeness (QED) is 0.682. The van der Waals surface area contributed by atoms with Gasteiger partial charge in [-0.05, 0) is 39.2 Å². The molecule has 6 heteroatoms. The van der Waals surface area contributed by atoms with Gasteiger partial charge in [0, 0.05) is 29.2 Å². The first-order chi connectivity index (χ1) is 11.9. The van der Waals surface area contributed by atoms with Crippen molar-refractivity contribution in [3.05, 3.63) is 36.0 Å². The molecule has 1 aliphatic heterocycles. The standard InChI is InChI=1S/C19H23N3O3/c1-12-6-5-7-13(2)22(12)17(23)11-21-10-15(18(24)19(20)25)14-8-3-4-9-16(14)21/h3-4,8-10,12-13H,5-7,11H2,1-2H3,(H2,20,25)/t12-,13-/m0/s1. The number of hydrogen-bond acceptors (Lipinski definition) is 3. The molecule has 6 nitrogen and oxygen atoms in total. The monoisotopic (exact) mass is 341 g/mol. The van der Waals surface area contributed by atoms with Crippen molar-refractivity contribution in [2.24, 2.45) is 5.73 Å². The van der Waals surface area contributed by atoms with E-state index in [9.17, 15) is 14.4 Å². The zero-order chi connectivity index (χ0) is 18.1. The minimum atomic E-state index is -0.993. The highest BCUT2D eigenvalue weighted by Gasteiger charge is 2.29. The van der Waals surface area contributed by atoms with Crippen molar-refractivity contribution in [2.75, 3.05) is 0 Å². The predicted molar refractivity (Wildman–Crippen MR) is 95.1 cm³/mol. The number of Topliss-reactive ketones (excluding diaryl/α,β-unsaturated/α-hetero) is 1. The first-order valence-electron chi connectivity index (χ1n) is 8.63. The molecule has 2 N–H and O–H groups in total. The molecule has 1 aromatic carbocycles. The molecule has 1 aromatic heterocycles. The van der Waals surface area contributed by atoms with Gasteiger partial charge in [-0.2, -0.15) is 0 Å². The minimum Gasteiger partial charge on any atom is -0.363 e. The fourth-order valence-electron chi connectivity index (χ4n) is 3.83. The molecule has 2 atom stereocenters. The molecule has 0 spiro atoms. The van der Waals surface area contributed by atoms with Gasteiger partial charge in [0.05, 0.1) is 5.56 Å². The van der Waals surface area contributed by atoms with Gasteiger partial charge in [0.25, 0.3) is 11.7 Å². The molecule has 0 saturated carbocycles. The summed E-state index contributed by atoms with van der Waals surface area (Å²) < 4.78 is 1.74. The topological polar surface area (TPSA) is 85.4 Å². The van der Waals surface area contributed by atoms with Crippen LogP contribution in [0.4, 0.5) is 0 Å². The summed E-state index contributed by atoms with van der Waals surface area (Å²) >= 11 is 0. The number of rotatable bonds is 4. The molecule has 1 saturated heterocycles. The number of carbonyl (C=O) groups excluding carboxylic acids is 3. The van der Waals surface area contributed by atoms with Gasteiger partial charge in [0.1, 0.15) is 6.54 Å². The number of likely N-dealkylation sites (tertiary alicyclic amines) is 1. The number of fused-ring (bicyclic) bond motifs is 1. The van der Waals surface area contributed by atoms with Crippen molar-refractivity contribution < 1.29 is 14.4 Å². The number of amides is 2. The van der Waals surface area contributed by atoms with E-state index < -0.39 is 11.7 Å². The Morgan fingerprint density at radius 3 is 2.40 bits per heavy atom. The molecule has 1 aliphatic rings. The van der Waals surface area contributed by atoms with E-state index in [1.807, 2.05) is 17.0 Å². The van der Waals surface area contributed by atoms with Crippen LogP contribution in [0.15, 0.2) is 30.5 Å². The molecule has 1 fully saturated rings. The molecule has 2 amide bonds. The van der Waals surface area contributed by atoms with E-state index in [4.69, 9.17) is 5.73 Å². The van der Waals surface area contributed by atoms with Gasteiger partial charge in [0.15, 0.2) is 0 Å². The van der Waals surface area contributed by atoms with Crippen molar-refractivity contribution in [3.63, 3.8) is 0 Å². The molecule has 3 rings (SSSR count). The van der Waals surface area contributed by atoms with E-state index in [2.05, 4.69) is 13.8 Å². The second kappa shape index (κ2) is 6.70. The van der Waals surface area contributed by atoms with Crippen LogP contribution in [0.2, 0.25) is 0 Å². The van der Waals surface area contributed by atoms with Crippen LogP contribution in [0.5, 0.6) is 0 Å². The Morgan fingerprint density at radius 2 is 1.76 bits per heavy atom. The summed E-state index contributed by atoms with van der Waals surface area (Å²) in [5.74, 6) is -1.70. The molecule has 2 heterocycles. The maximum absolute atomic E-state index is 12.9. The SMILES string of the molecule is C[C@H]1CCC[C@H](C)N1C(=O)Cn1cc(C(=O)C(N)=O)c2ccccc21. The summed E-state index contributed by atoms with van der Waals surface area (Å²) in [6.45, 7) is 4.29. The summed E-state index contributed by atoms with van der Waals surface area (Å²) in [4.78, 5) is 38.2. The summed E-state index contributed by atoms with van der Waals surface area (Å²) in [5, 5.41) is 0.638. The molecular formula is C19H23N3O3. The molecule has 132 valence electrons. The molecule has 0 aliphatic carbocycles.